The minimum Gasteiger partial charge on any atom is -0.508 e. The van der Waals surface area contributed by atoms with E-state index in [9.17, 15) is 9.90 Å². The lowest BCUT2D eigenvalue weighted by Gasteiger charge is -2.09. The second kappa shape index (κ2) is 6.69. The number of aromatic nitrogens is 1. The molecule has 0 fully saturated rings. The SMILES string of the molecule is CCC(=O)Oc1c(C)n(Cc2ccc(Br)cc2)c2ccc(O)cc12. The maximum atomic E-state index is 11.8. The molecule has 0 bridgehead atoms. The standard InChI is InChI=1S/C19H18BrNO3/c1-3-18(23)24-19-12(2)21(11-13-4-6-14(20)7-5-13)17-9-8-15(22)10-16(17)19/h4-10,22H,3,11H2,1-2H3. The van der Waals surface area contributed by atoms with Crippen molar-refractivity contribution in [3.05, 3.63) is 58.2 Å². The van der Waals surface area contributed by atoms with Crippen molar-refractivity contribution in [2.45, 2.75) is 26.8 Å². The summed E-state index contributed by atoms with van der Waals surface area (Å²) in [6.07, 6.45) is 0.303. The number of rotatable bonds is 4. The molecule has 0 amide bonds. The van der Waals surface area contributed by atoms with Crippen LogP contribution in [0.4, 0.5) is 0 Å². The fraction of sp³-hybridized carbons (Fsp3) is 0.211. The van der Waals surface area contributed by atoms with E-state index in [-0.39, 0.29) is 11.7 Å². The number of fused-ring (bicyclic) bond motifs is 1. The lowest BCUT2D eigenvalue weighted by atomic mass is 10.2. The first-order chi connectivity index (χ1) is 11.5. The van der Waals surface area contributed by atoms with Crippen LogP contribution in [-0.2, 0) is 11.3 Å². The molecule has 0 radical (unpaired) electrons. The van der Waals surface area contributed by atoms with Crippen molar-refractivity contribution in [1.82, 2.24) is 4.57 Å². The van der Waals surface area contributed by atoms with Gasteiger partial charge < -0.3 is 14.4 Å². The first kappa shape index (κ1) is 16.6. The van der Waals surface area contributed by atoms with Gasteiger partial charge in [0.25, 0.3) is 0 Å². The van der Waals surface area contributed by atoms with E-state index in [1.807, 2.05) is 37.3 Å². The average molecular weight is 388 g/mol. The van der Waals surface area contributed by atoms with E-state index in [4.69, 9.17) is 4.74 Å². The maximum absolute atomic E-state index is 11.8. The molecule has 1 heterocycles. The van der Waals surface area contributed by atoms with Crippen molar-refractivity contribution in [3.8, 4) is 11.5 Å². The fourth-order valence-corrected chi connectivity index (χ4v) is 2.99. The van der Waals surface area contributed by atoms with E-state index in [1.165, 1.54) is 0 Å². The molecule has 0 atom stereocenters. The van der Waals surface area contributed by atoms with Gasteiger partial charge >= 0.3 is 5.97 Å². The number of phenols is 1. The topological polar surface area (TPSA) is 51.5 Å². The van der Waals surface area contributed by atoms with Gasteiger partial charge in [-0.05, 0) is 42.8 Å². The fourth-order valence-electron chi connectivity index (χ4n) is 2.73. The number of phenolic OH excluding ortho intramolecular Hbond substituents is 1. The van der Waals surface area contributed by atoms with Crippen LogP contribution in [-0.4, -0.2) is 15.6 Å². The molecule has 0 saturated heterocycles. The summed E-state index contributed by atoms with van der Waals surface area (Å²) in [6, 6.07) is 13.2. The van der Waals surface area contributed by atoms with Crippen molar-refractivity contribution < 1.29 is 14.6 Å². The van der Waals surface area contributed by atoms with Gasteiger partial charge in [0, 0.05) is 22.8 Å². The lowest BCUT2D eigenvalue weighted by Crippen LogP contribution is -2.07. The Morgan fingerprint density at radius 3 is 2.58 bits per heavy atom. The molecule has 0 aliphatic carbocycles. The Morgan fingerprint density at radius 1 is 1.21 bits per heavy atom. The molecular weight excluding hydrogens is 370 g/mol. The maximum Gasteiger partial charge on any atom is 0.310 e. The normalized spacial score (nSPS) is 11.0. The summed E-state index contributed by atoms with van der Waals surface area (Å²) in [7, 11) is 0. The third kappa shape index (κ3) is 3.17. The Kier molecular flexibility index (Phi) is 4.62. The molecule has 4 nitrogen and oxygen atoms in total. The highest BCUT2D eigenvalue weighted by atomic mass is 79.9. The number of ether oxygens (including phenoxy) is 1. The second-order valence-corrected chi connectivity index (χ2v) is 6.57. The predicted octanol–water partition coefficient (Wildman–Crippen LogP) is 4.78. The van der Waals surface area contributed by atoms with Gasteiger partial charge in [-0.2, -0.15) is 0 Å². The third-order valence-corrected chi connectivity index (χ3v) is 4.54. The first-order valence-corrected chi connectivity index (χ1v) is 8.56. The minimum absolute atomic E-state index is 0.150. The van der Waals surface area contributed by atoms with Crippen LogP contribution in [0.25, 0.3) is 10.9 Å². The highest BCUT2D eigenvalue weighted by molar-refractivity contribution is 9.10. The molecule has 0 saturated carbocycles. The smallest absolute Gasteiger partial charge is 0.310 e. The molecule has 0 spiro atoms. The second-order valence-electron chi connectivity index (χ2n) is 5.66. The van der Waals surface area contributed by atoms with Crippen LogP contribution in [0, 0.1) is 6.92 Å². The number of esters is 1. The van der Waals surface area contributed by atoms with Crippen molar-refractivity contribution >= 4 is 32.8 Å². The molecule has 1 N–H and O–H groups in total. The van der Waals surface area contributed by atoms with Gasteiger partial charge in [-0.1, -0.05) is 35.0 Å². The summed E-state index contributed by atoms with van der Waals surface area (Å²) in [5.41, 5.74) is 2.92. The summed E-state index contributed by atoms with van der Waals surface area (Å²) in [6.45, 7) is 4.34. The van der Waals surface area contributed by atoms with Gasteiger partial charge in [-0.3, -0.25) is 4.79 Å². The number of hydrogen-bond donors (Lipinski definition) is 1. The molecule has 0 unspecified atom stereocenters. The van der Waals surface area contributed by atoms with E-state index in [1.54, 1.807) is 19.1 Å². The Morgan fingerprint density at radius 2 is 1.92 bits per heavy atom. The molecule has 2 aromatic carbocycles. The number of halogens is 1. The van der Waals surface area contributed by atoms with Gasteiger partial charge in [0.2, 0.25) is 0 Å². The Bertz CT molecular complexity index is 897. The third-order valence-electron chi connectivity index (χ3n) is 4.01. The van der Waals surface area contributed by atoms with Crippen molar-refractivity contribution in [3.63, 3.8) is 0 Å². The number of carbonyl (C=O) groups excluding carboxylic acids is 1. The zero-order chi connectivity index (χ0) is 17.3. The number of carbonyl (C=O) groups is 1. The minimum atomic E-state index is -0.288. The molecule has 3 aromatic rings. The summed E-state index contributed by atoms with van der Waals surface area (Å²) in [5, 5.41) is 10.6. The van der Waals surface area contributed by atoms with Gasteiger partial charge in [-0.25, -0.2) is 0 Å². The van der Waals surface area contributed by atoms with E-state index in [0.29, 0.717) is 18.7 Å². The molecular formula is C19H18BrNO3. The van der Waals surface area contributed by atoms with Gasteiger partial charge in [-0.15, -0.1) is 0 Å². The van der Waals surface area contributed by atoms with Gasteiger partial charge in [0.1, 0.15) is 5.75 Å². The van der Waals surface area contributed by atoms with E-state index in [2.05, 4.69) is 20.5 Å². The number of nitrogens with zero attached hydrogens (tertiary/aromatic N) is 1. The van der Waals surface area contributed by atoms with Crippen LogP contribution in [0.2, 0.25) is 0 Å². The number of benzene rings is 2. The van der Waals surface area contributed by atoms with Crippen molar-refractivity contribution in [2.75, 3.05) is 0 Å². The molecule has 124 valence electrons. The lowest BCUT2D eigenvalue weighted by molar-refractivity contribution is -0.133. The zero-order valence-electron chi connectivity index (χ0n) is 13.5. The summed E-state index contributed by atoms with van der Waals surface area (Å²) < 4.78 is 8.65. The Balaban J connectivity index is 2.11. The van der Waals surface area contributed by atoms with Crippen LogP contribution < -0.4 is 4.74 Å². The molecule has 24 heavy (non-hydrogen) atoms. The molecule has 1 aromatic heterocycles. The van der Waals surface area contributed by atoms with Gasteiger partial charge in [0.15, 0.2) is 5.75 Å². The number of hydrogen-bond acceptors (Lipinski definition) is 3. The van der Waals surface area contributed by atoms with Gasteiger partial charge in [0.05, 0.1) is 11.2 Å². The zero-order valence-corrected chi connectivity index (χ0v) is 15.1. The quantitative estimate of drug-likeness (QED) is 0.655. The highest BCUT2D eigenvalue weighted by Crippen LogP contribution is 2.35. The summed E-state index contributed by atoms with van der Waals surface area (Å²) >= 11 is 3.44. The van der Waals surface area contributed by atoms with E-state index < -0.39 is 0 Å². The first-order valence-electron chi connectivity index (χ1n) is 7.76. The summed E-state index contributed by atoms with van der Waals surface area (Å²) in [5.74, 6) is 0.381. The Labute approximate surface area is 148 Å². The molecule has 0 aliphatic rings. The van der Waals surface area contributed by atoms with E-state index in [0.717, 1.165) is 26.6 Å². The largest absolute Gasteiger partial charge is 0.508 e. The predicted molar refractivity (Wildman–Crippen MR) is 97.5 cm³/mol. The summed E-state index contributed by atoms with van der Waals surface area (Å²) in [4.78, 5) is 11.8. The van der Waals surface area contributed by atoms with E-state index >= 15 is 0 Å². The van der Waals surface area contributed by atoms with Crippen LogP contribution >= 0.6 is 15.9 Å². The number of aromatic hydroxyl groups is 1. The van der Waals surface area contributed by atoms with Crippen molar-refractivity contribution in [2.24, 2.45) is 0 Å². The van der Waals surface area contributed by atoms with Crippen LogP contribution in [0.3, 0.4) is 0 Å². The van der Waals surface area contributed by atoms with Crippen LogP contribution in [0.15, 0.2) is 46.9 Å². The monoisotopic (exact) mass is 387 g/mol. The highest BCUT2D eigenvalue weighted by Gasteiger charge is 2.18. The van der Waals surface area contributed by atoms with Crippen LogP contribution in [0.1, 0.15) is 24.6 Å². The molecule has 5 heteroatoms. The molecule has 0 aliphatic heterocycles. The van der Waals surface area contributed by atoms with Crippen LogP contribution in [0.5, 0.6) is 11.5 Å². The Hall–Kier alpha value is -2.27. The molecule has 3 rings (SSSR count). The van der Waals surface area contributed by atoms with Crippen molar-refractivity contribution in [1.29, 1.82) is 0 Å². The average Bonchev–Trinajstić information content (AvgIpc) is 2.82.